The Balaban J connectivity index is 4.14. The quantitative estimate of drug-likeness (QED) is 0.623. The van der Waals surface area contributed by atoms with Crippen molar-refractivity contribution in [3.63, 3.8) is 0 Å². The van der Waals surface area contributed by atoms with E-state index in [0.29, 0.717) is 6.42 Å². The van der Waals surface area contributed by atoms with Gasteiger partial charge in [0.05, 0.1) is 11.6 Å². The molecule has 0 bridgehead atoms. The number of amides is 1. The van der Waals surface area contributed by atoms with Crippen molar-refractivity contribution in [3.05, 3.63) is 0 Å². The summed E-state index contributed by atoms with van der Waals surface area (Å²) in [7, 11) is 0. The van der Waals surface area contributed by atoms with Crippen molar-refractivity contribution in [1.82, 2.24) is 0 Å². The SMILES string of the molecule is CC(CC(C)(N)C(N)=O)SC(C)C(C)O. The number of thioether (sulfide) groups is 1. The summed E-state index contributed by atoms with van der Waals surface area (Å²) in [4.78, 5) is 11.0. The van der Waals surface area contributed by atoms with Crippen LogP contribution in [0.4, 0.5) is 0 Å². The number of hydrogen-bond acceptors (Lipinski definition) is 4. The lowest BCUT2D eigenvalue weighted by Gasteiger charge is -2.26. The Morgan fingerprint density at radius 2 is 1.93 bits per heavy atom. The van der Waals surface area contributed by atoms with Crippen LogP contribution in [0.3, 0.4) is 0 Å². The van der Waals surface area contributed by atoms with Gasteiger partial charge in [0, 0.05) is 10.5 Å². The number of carbonyl (C=O) groups is 1. The minimum Gasteiger partial charge on any atom is -0.392 e. The Hall–Kier alpha value is -0.260. The molecule has 0 saturated heterocycles. The molecule has 0 fully saturated rings. The van der Waals surface area contributed by atoms with Gasteiger partial charge in [0.15, 0.2) is 0 Å². The molecule has 0 aromatic rings. The second-order valence-corrected chi connectivity index (χ2v) is 6.20. The molecule has 5 heteroatoms. The zero-order valence-corrected chi connectivity index (χ0v) is 10.7. The second kappa shape index (κ2) is 5.72. The van der Waals surface area contributed by atoms with Crippen LogP contribution < -0.4 is 11.5 Å². The van der Waals surface area contributed by atoms with Crippen LogP contribution in [0.1, 0.15) is 34.1 Å². The average Bonchev–Trinajstić information content (AvgIpc) is 2.01. The molecule has 4 nitrogen and oxygen atoms in total. The maximum Gasteiger partial charge on any atom is 0.237 e. The Bertz CT molecular complexity index is 219. The van der Waals surface area contributed by atoms with E-state index in [4.69, 9.17) is 11.5 Å². The van der Waals surface area contributed by atoms with Crippen molar-refractivity contribution >= 4 is 17.7 Å². The molecular weight excluding hydrogens is 212 g/mol. The molecule has 0 heterocycles. The van der Waals surface area contributed by atoms with Crippen molar-refractivity contribution in [2.45, 2.75) is 56.3 Å². The highest BCUT2D eigenvalue weighted by molar-refractivity contribution is 8.00. The summed E-state index contributed by atoms with van der Waals surface area (Å²) in [5.41, 5.74) is 9.98. The Morgan fingerprint density at radius 1 is 1.47 bits per heavy atom. The van der Waals surface area contributed by atoms with E-state index in [-0.39, 0.29) is 16.6 Å². The molecule has 4 unspecified atom stereocenters. The third-order valence-electron chi connectivity index (χ3n) is 2.40. The molecule has 0 saturated carbocycles. The lowest BCUT2D eigenvalue weighted by atomic mass is 9.97. The molecule has 90 valence electrons. The number of aliphatic hydroxyl groups is 1. The van der Waals surface area contributed by atoms with Crippen LogP contribution in [-0.2, 0) is 4.79 Å². The molecule has 0 spiro atoms. The highest BCUT2D eigenvalue weighted by Crippen LogP contribution is 2.25. The fourth-order valence-corrected chi connectivity index (χ4v) is 2.63. The standard InChI is InChI=1S/C10H22N2O2S/c1-6(15-8(3)7(2)13)5-10(4,12)9(11)14/h6-8,13H,5,12H2,1-4H3,(H2,11,14). The molecule has 5 N–H and O–H groups in total. The summed E-state index contributed by atoms with van der Waals surface area (Å²) >= 11 is 1.61. The molecule has 0 aliphatic carbocycles. The van der Waals surface area contributed by atoms with E-state index in [0.717, 1.165) is 0 Å². The Morgan fingerprint density at radius 3 is 2.27 bits per heavy atom. The van der Waals surface area contributed by atoms with Gasteiger partial charge in [-0.2, -0.15) is 11.8 Å². The van der Waals surface area contributed by atoms with Crippen molar-refractivity contribution in [2.24, 2.45) is 11.5 Å². The molecular formula is C10H22N2O2S. The van der Waals surface area contributed by atoms with Crippen molar-refractivity contribution in [1.29, 1.82) is 0 Å². The van der Waals surface area contributed by atoms with Crippen molar-refractivity contribution < 1.29 is 9.90 Å². The topological polar surface area (TPSA) is 89.3 Å². The maximum absolute atomic E-state index is 11.0. The zero-order chi connectivity index (χ0) is 12.2. The van der Waals surface area contributed by atoms with Crippen LogP contribution in [0.2, 0.25) is 0 Å². The largest absolute Gasteiger partial charge is 0.392 e. The van der Waals surface area contributed by atoms with E-state index < -0.39 is 11.4 Å². The van der Waals surface area contributed by atoms with E-state index in [2.05, 4.69) is 0 Å². The molecule has 0 aromatic carbocycles. The molecule has 0 rings (SSSR count). The molecule has 0 aliphatic heterocycles. The predicted molar refractivity (Wildman–Crippen MR) is 64.6 cm³/mol. The second-order valence-electron chi connectivity index (χ2n) is 4.38. The molecule has 4 atom stereocenters. The van der Waals surface area contributed by atoms with Gasteiger partial charge in [0.1, 0.15) is 0 Å². The molecule has 1 amide bonds. The number of hydrogen-bond donors (Lipinski definition) is 3. The van der Waals surface area contributed by atoms with Gasteiger partial charge in [-0.05, 0) is 20.3 Å². The highest BCUT2D eigenvalue weighted by Gasteiger charge is 2.29. The van der Waals surface area contributed by atoms with Gasteiger partial charge in [0.2, 0.25) is 5.91 Å². The first-order chi connectivity index (χ1) is 6.66. The van der Waals surface area contributed by atoms with Gasteiger partial charge in [-0.25, -0.2) is 0 Å². The molecule has 0 aliphatic rings. The van der Waals surface area contributed by atoms with Gasteiger partial charge < -0.3 is 16.6 Å². The summed E-state index contributed by atoms with van der Waals surface area (Å²) in [5.74, 6) is -0.486. The van der Waals surface area contributed by atoms with Gasteiger partial charge in [-0.1, -0.05) is 13.8 Å². The van der Waals surface area contributed by atoms with E-state index >= 15 is 0 Å². The van der Waals surface area contributed by atoms with Crippen LogP contribution in [0.15, 0.2) is 0 Å². The first-order valence-electron chi connectivity index (χ1n) is 5.09. The lowest BCUT2D eigenvalue weighted by Crippen LogP contribution is -2.50. The summed E-state index contributed by atoms with van der Waals surface area (Å²) in [5, 5.41) is 9.65. The summed E-state index contributed by atoms with van der Waals surface area (Å²) in [6, 6.07) is 0. The monoisotopic (exact) mass is 234 g/mol. The van der Waals surface area contributed by atoms with Crippen LogP contribution in [0.5, 0.6) is 0 Å². The zero-order valence-electron chi connectivity index (χ0n) is 9.86. The van der Waals surface area contributed by atoms with Crippen LogP contribution in [0, 0.1) is 0 Å². The molecule has 0 aromatic heterocycles. The van der Waals surface area contributed by atoms with E-state index in [1.807, 2.05) is 13.8 Å². The number of rotatable bonds is 6. The van der Waals surface area contributed by atoms with E-state index in [1.54, 1.807) is 25.6 Å². The smallest absolute Gasteiger partial charge is 0.237 e. The minimum absolute atomic E-state index is 0.128. The first-order valence-corrected chi connectivity index (χ1v) is 6.03. The minimum atomic E-state index is -0.967. The average molecular weight is 234 g/mol. The number of primary amides is 1. The molecule has 0 radical (unpaired) electrons. The van der Waals surface area contributed by atoms with Gasteiger partial charge >= 0.3 is 0 Å². The summed E-state index contributed by atoms with van der Waals surface area (Å²) in [6.45, 7) is 7.32. The Labute approximate surface area is 95.8 Å². The van der Waals surface area contributed by atoms with Gasteiger partial charge in [-0.15, -0.1) is 0 Å². The third kappa shape index (κ3) is 5.39. The third-order valence-corrected chi connectivity index (χ3v) is 3.86. The van der Waals surface area contributed by atoms with Crippen LogP contribution >= 0.6 is 11.8 Å². The van der Waals surface area contributed by atoms with Crippen molar-refractivity contribution in [2.75, 3.05) is 0 Å². The van der Waals surface area contributed by atoms with Gasteiger partial charge in [-0.3, -0.25) is 4.79 Å². The number of aliphatic hydroxyl groups excluding tert-OH is 1. The van der Waals surface area contributed by atoms with E-state index in [9.17, 15) is 9.90 Å². The highest BCUT2D eigenvalue weighted by atomic mass is 32.2. The van der Waals surface area contributed by atoms with Crippen LogP contribution in [-0.4, -0.2) is 33.2 Å². The summed E-state index contributed by atoms with van der Waals surface area (Å²) < 4.78 is 0. The normalized spacial score (nSPS) is 21.5. The fraction of sp³-hybridized carbons (Fsp3) is 0.900. The number of carbonyl (C=O) groups excluding carboxylic acids is 1. The Kier molecular flexibility index (Phi) is 5.62. The number of nitrogens with two attached hydrogens (primary N) is 2. The maximum atomic E-state index is 11.0. The summed E-state index contributed by atoms with van der Waals surface area (Å²) in [6.07, 6.45) is 0.152. The van der Waals surface area contributed by atoms with E-state index in [1.165, 1.54) is 0 Å². The van der Waals surface area contributed by atoms with Gasteiger partial charge in [0.25, 0.3) is 0 Å². The fourth-order valence-electron chi connectivity index (χ4n) is 1.23. The van der Waals surface area contributed by atoms with Crippen molar-refractivity contribution in [3.8, 4) is 0 Å². The molecule has 15 heavy (non-hydrogen) atoms. The van der Waals surface area contributed by atoms with Crippen LogP contribution in [0.25, 0.3) is 0 Å². The lowest BCUT2D eigenvalue weighted by molar-refractivity contribution is -0.122. The first kappa shape index (κ1) is 14.7. The predicted octanol–water partition coefficient (Wildman–Crippen LogP) is 0.470.